The molecule has 3 atom stereocenters. The Balaban J connectivity index is 1.99. The summed E-state index contributed by atoms with van der Waals surface area (Å²) in [6.07, 6.45) is 5.07. The highest BCUT2D eigenvalue weighted by Crippen LogP contribution is 2.34. The molecular weight excluding hydrogens is 138 g/mol. The van der Waals surface area contributed by atoms with Gasteiger partial charge in [-0.25, -0.2) is 0 Å². The molecular formula is C9H15NO. The second kappa shape index (κ2) is 2.59. The normalized spacial score (nSPS) is 42.5. The van der Waals surface area contributed by atoms with E-state index in [1.165, 1.54) is 19.3 Å². The molecule has 2 nitrogen and oxygen atoms in total. The van der Waals surface area contributed by atoms with E-state index in [0.29, 0.717) is 11.8 Å². The van der Waals surface area contributed by atoms with Gasteiger partial charge in [0.2, 0.25) is 0 Å². The third kappa shape index (κ3) is 1.20. The van der Waals surface area contributed by atoms with E-state index in [1.807, 2.05) is 0 Å². The minimum absolute atomic E-state index is 0.185. The Bertz CT molecular complexity index is 166. The van der Waals surface area contributed by atoms with E-state index in [1.54, 1.807) is 6.92 Å². The van der Waals surface area contributed by atoms with Crippen LogP contribution >= 0.6 is 0 Å². The zero-order valence-corrected chi connectivity index (χ0v) is 6.97. The number of carbonyl (C=O) groups excluding carboxylic acids is 1. The molecule has 0 aromatic carbocycles. The molecule has 62 valence electrons. The number of Topliss-reactive ketones (excluding diaryl/α,β-unsaturated/α-hetero) is 1. The van der Waals surface area contributed by atoms with E-state index in [9.17, 15) is 4.79 Å². The van der Waals surface area contributed by atoms with Gasteiger partial charge in [0.25, 0.3) is 0 Å². The first-order chi connectivity index (χ1) is 5.27. The number of ketones is 1. The molecule has 1 saturated heterocycles. The topological polar surface area (TPSA) is 29.1 Å². The van der Waals surface area contributed by atoms with Gasteiger partial charge in [0.15, 0.2) is 0 Å². The monoisotopic (exact) mass is 153 g/mol. The summed E-state index contributed by atoms with van der Waals surface area (Å²) in [4.78, 5) is 11.0. The fourth-order valence-electron chi connectivity index (χ4n) is 2.45. The molecule has 1 N–H and O–H groups in total. The molecule has 0 spiro atoms. The molecule has 0 amide bonds. The van der Waals surface area contributed by atoms with E-state index >= 15 is 0 Å². The van der Waals surface area contributed by atoms with Crippen LogP contribution in [-0.2, 0) is 4.79 Å². The highest BCUT2D eigenvalue weighted by atomic mass is 16.1. The van der Waals surface area contributed by atoms with Gasteiger partial charge in [0.05, 0.1) is 6.04 Å². The predicted octanol–water partition coefficient (Wildman–Crippen LogP) is 1.11. The first-order valence-electron chi connectivity index (χ1n) is 4.54. The SMILES string of the molecule is CC(=O)[C@@H]1C[C@@H]2CCC[C@@H]2N1. The van der Waals surface area contributed by atoms with Crippen molar-refractivity contribution in [2.45, 2.75) is 44.7 Å². The van der Waals surface area contributed by atoms with Crippen molar-refractivity contribution in [2.24, 2.45) is 5.92 Å². The number of carbonyl (C=O) groups is 1. The number of hydrogen-bond donors (Lipinski definition) is 1. The van der Waals surface area contributed by atoms with Crippen LogP contribution in [0.3, 0.4) is 0 Å². The highest BCUT2D eigenvalue weighted by Gasteiger charge is 2.38. The van der Waals surface area contributed by atoms with E-state index in [2.05, 4.69) is 5.32 Å². The standard InChI is InChI=1S/C9H15NO/c1-6(11)9-5-7-3-2-4-8(7)10-9/h7-10H,2-5H2,1H3/t7-,8-,9-/m0/s1. The minimum Gasteiger partial charge on any atom is -0.304 e. The molecule has 2 heteroatoms. The Morgan fingerprint density at radius 3 is 2.91 bits per heavy atom. The highest BCUT2D eigenvalue weighted by molar-refractivity contribution is 5.81. The molecule has 0 bridgehead atoms. The smallest absolute Gasteiger partial charge is 0.146 e. The van der Waals surface area contributed by atoms with Crippen LogP contribution in [0.2, 0.25) is 0 Å². The van der Waals surface area contributed by atoms with Crippen LogP contribution in [0.15, 0.2) is 0 Å². The molecule has 2 fully saturated rings. The summed E-state index contributed by atoms with van der Waals surface area (Å²) in [7, 11) is 0. The zero-order valence-electron chi connectivity index (χ0n) is 6.97. The Morgan fingerprint density at radius 2 is 2.27 bits per heavy atom. The maximum absolute atomic E-state index is 11.0. The Morgan fingerprint density at radius 1 is 1.45 bits per heavy atom. The molecule has 1 saturated carbocycles. The first kappa shape index (κ1) is 7.29. The maximum Gasteiger partial charge on any atom is 0.146 e. The van der Waals surface area contributed by atoms with Gasteiger partial charge in [-0.05, 0) is 32.1 Å². The number of fused-ring (bicyclic) bond motifs is 1. The van der Waals surface area contributed by atoms with Gasteiger partial charge in [0.1, 0.15) is 5.78 Å². The molecule has 0 radical (unpaired) electrons. The van der Waals surface area contributed by atoms with Gasteiger partial charge in [0, 0.05) is 6.04 Å². The van der Waals surface area contributed by atoms with E-state index < -0.39 is 0 Å². The lowest BCUT2D eigenvalue weighted by molar-refractivity contribution is -0.118. The second-order valence-corrected chi connectivity index (χ2v) is 3.86. The summed E-state index contributed by atoms with van der Waals surface area (Å²) in [5.74, 6) is 1.13. The van der Waals surface area contributed by atoms with Crippen LogP contribution in [0, 0.1) is 5.92 Å². The summed E-state index contributed by atoms with van der Waals surface area (Å²) in [5, 5.41) is 3.40. The molecule has 1 aliphatic carbocycles. The molecule has 2 rings (SSSR count). The van der Waals surface area contributed by atoms with Crippen LogP contribution in [0.5, 0.6) is 0 Å². The molecule has 0 aromatic heterocycles. The Hall–Kier alpha value is -0.370. The van der Waals surface area contributed by atoms with Crippen molar-refractivity contribution in [3.05, 3.63) is 0 Å². The fraction of sp³-hybridized carbons (Fsp3) is 0.889. The van der Waals surface area contributed by atoms with Crippen molar-refractivity contribution in [1.82, 2.24) is 5.32 Å². The first-order valence-corrected chi connectivity index (χ1v) is 4.54. The summed E-state index contributed by atoms with van der Waals surface area (Å²) < 4.78 is 0. The van der Waals surface area contributed by atoms with Crippen LogP contribution in [0.4, 0.5) is 0 Å². The fourth-order valence-corrected chi connectivity index (χ4v) is 2.45. The Kier molecular flexibility index (Phi) is 1.72. The van der Waals surface area contributed by atoms with Gasteiger partial charge >= 0.3 is 0 Å². The van der Waals surface area contributed by atoms with Crippen molar-refractivity contribution in [1.29, 1.82) is 0 Å². The predicted molar refractivity (Wildman–Crippen MR) is 43.4 cm³/mol. The van der Waals surface area contributed by atoms with Gasteiger partial charge in [-0.2, -0.15) is 0 Å². The van der Waals surface area contributed by atoms with Crippen molar-refractivity contribution in [3.63, 3.8) is 0 Å². The summed E-state index contributed by atoms with van der Waals surface area (Å²) in [5.41, 5.74) is 0. The number of rotatable bonds is 1. The van der Waals surface area contributed by atoms with Crippen molar-refractivity contribution in [2.75, 3.05) is 0 Å². The molecule has 11 heavy (non-hydrogen) atoms. The third-order valence-corrected chi connectivity index (χ3v) is 3.10. The zero-order chi connectivity index (χ0) is 7.84. The van der Waals surface area contributed by atoms with E-state index in [-0.39, 0.29) is 6.04 Å². The average molecular weight is 153 g/mol. The average Bonchev–Trinajstić information content (AvgIpc) is 2.40. The van der Waals surface area contributed by atoms with Crippen LogP contribution in [-0.4, -0.2) is 17.9 Å². The molecule has 0 unspecified atom stereocenters. The summed E-state index contributed by atoms with van der Waals surface area (Å²) in [6, 6.07) is 0.856. The summed E-state index contributed by atoms with van der Waals surface area (Å²) >= 11 is 0. The maximum atomic E-state index is 11.0. The van der Waals surface area contributed by atoms with Crippen LogP contribution in [0.1, 0.15) is 32.6 Å². The third-order valence-electron chi connectivity index (χ3n) is 3.10. The van der Waals surface area contributed by atoms with Gasteiger partial charge in [-0.15, -0.1) is 0 Å². The lowest BCUT2D eigenvalue weighted by Gasteiger charge is -2.08. The number of nitrogens with one attached hydrogen (secondary N) is 1. The van der Waals surface area contributed by atoms with E-state index in [0.717, 1.165) is 12.3 Å². The summed E-state index contributed by atoms with van der Waals surface area (Å²) in [6.45, 7) is 1.69. The van der Waals surface area contributed by atoms with Crippen molar-refractivity contribution in [3.8, 4) is 0 Å². The number of hydrogen-bond acceptors (Lipinski definition) is 2. The minimum atomic E-state index is 0.185. The molecule has 1 aliphatic heterocycles. The largest absolute Gasteiger partial charge is 0.304 e. The second-order valence-electron chi connectivity index (χ2n) is 3.86. The van der Waals surface area contributed by atoms with Crippen molar-refractivity contribution >= 4 is 5.78 Å². The Labute approximate surface area is 67.4 Å². The lowest BCUT2D eigenvalue weighted by atomic mass is 10.0. The van der Waals surface area contributed by atoms with Crippen LogP contribution in [0.25, 0.3) is 0 Å². The van der Waals surface area contributed by atoms with Gasteiger partial charge in [-0.3, -0.25) is 4.79 Å². The van der Waals surface area contributed by atoms with Crippen LogP contribution < -0.4 is 5.32 Å². The van der Waals surface area contributed by atoms with Gasteiger partial charge in [-0.1, -0.05) is 6.42 Å². The molecule has 1 heterocycles. The van der Waals surface area contributed by atoms with Gasteiger partial charge < -0.3 is 5.32 Å². The van der Waals surface area contributed by atoms with Crippen molar-refractivity contribution < 1.29 is 4.79 Å². The quantitative estimate of drug-likeness (QED) is 0.611. The molecule has 2 aliphatic rings. The molecule has 0 aromatic rings. The van der Waals surface area contributed by atoms with E-state index in [4.69, 9.17) is 0 Å². The lowest BCUT2D eigenvalue weighted by Crippen LogP contribution is -2.33.